The lowest BCUT2D eigenvalue weighted by molar-refractivity contribution is 0.0690. The Bertz CT molecular complexity index is 553. The average Bonchev–Trinajstić information content (AvgIpc) is 2.76. The molecule has 0 bridgehead atoms. The van der Waals surface area contributed by atoms with E-state index in [1.54, 1.807) is 25.2 Å². The highest BCUT2D eigenvalue weighted by atomic mass is 32.2. The molecule has 0 aliphatic rings. The summed E-state index contributed by atoms with van der Waals surface area (Å²) in [6.07, 6.45) is 0. The minimum absolute atomic E-state index is 0.246. The molecule has 2 rings (SSSR count). The highest BCUT2D eigenvalue weighted by molar-refractivity contribution is 8.01. The second-order valence-corrected chi connectivity index (χ2v) is 5.67. The fourth-order valence-corrected chi connectivity index (χ4v) is 3.13. The van der Waals surface area contributed by atoms with Gasteiger partial charge in [-0.15, -0.1) is 16.4 Å². The largest absolute Gasteiger partial charge is 0.478 e. The second-order valence-electron chi connectivity index (χ2n) is 3.43. The van der Waals surface area contributed by atoms with Crippen molar-refractivity contribution in [1.82, 2.24) is 10.2 Å². The van der Waals surface area contributed by atoms with Crippen LogP contribution in [-0.4, -0.2) is 21.3 Å². The smallest absolute Gasteiger partial charge is 0.338 e. The molecule has 0 spiro atoms. The van der Waals surface area contributed by atoms with Gasteiger partial charge in [0.05, 0.1) is 15.5 Å². The summed E-state index contributed by atoms with van der Waals surface area (Å²) in [5, 5.41) is 19.6. The van der Waals surface area contributed by atoms with Gasteiger partial charge in [0.2, 0.25) is 0 Å². The van der Waals surface area contributed by atoms with Crippen molar-refractivity contribution in [2.75, 3.05) is 0 Å². The SMILES string of the molecule is Cc1nnc(Sc2cccs2)c(C(=O)O)c1C. The highest BCUT2D eigenvalue weighted by Crippen LogP contribution is 2.33. The summed E-state index contributed by atoms with van der Waals surface area (Å²) in [6.45, 7) is 3.51. The number of hydrogen-bond acceptors (Lipinski definition) is 5. The number of thiophene rings is 1. The van der Waals surface area contributed by atoms with Gasteiger partial charge in [-0.05, 0) is 30.9 Å². The zero-order valence-corrected chi connectivity index (χ0v) is 10.9. The molecule has 6 heteroatoms. The fourth-order valence-electron chi connectivity index (χ4n) is 1.33. The molecule has 17 heavy (non-hydrogen) atoms. The predicted molar refractivity (Wildman–Crippen MR) is 66.9 cm³/mol. The summed E-state index contributed by atoms with van der Waals surface area (Å²) in [5.41, 5.74) is 1.57. The molecule has 0 aromatic carbocycles. The monoisotopic (exact) mass is 266 g/mol. The number of hydrogen-bond donors (Lipinski definition) is 1. The zero-order chi connectivity index (χ0) is 12.4. The highest BCUT2D eigenvalue weighted by Gasteiger charge is 2.18. The molecule has 2 heterocycles. The molecule has 0 fully saturated rings. The summed E-state index contributed by atoms with van der Waals surface area (Å²) in [5.74, 6) is -0.959. The number of carboxylic acid groups (broad SMARTS) is 1. The van der Waals surface area contributed by atoms with Crippen LogP contribution in [0.4, 0.5) is 0 Å². The molecule has 0 saturated carbocycles. The summed E-state index contributed by atoms with van der Waals surface area (Å²) in [7, 11) is 0. The molecule has 0 atom stereocenters. The zero-order valence-electron chi connectivity index (χ0n) is 9.30. The van der Waals surface area contributed by atoms with Gasteiger partial charge in [-0.3, -0.25) is 0 Å². The lowest BCUT2D eigenvalue weighted by Crippen LogP contribution is -2.07. The first-order valence-corrected chi connectivity index (χ1v) is 6.57. The number of rotatable bonds is 3. The van der Waals surface area contributed by atoms with Crippen LogP contribution in [0.2, 0.25) is 0 Å². The van der Waals surface area contributed by atoms with Crippen molar-refractivity contribution in [3.8, 4) is 0 Å². The van der Waals surface area contributed by atoms with Gasteiger partial charge >= 0.3 is 5.97 Å². The van der Waals surface area contributed by atoms with Crippen LogP contribution in [0.3, 0.4) is 0 Å². The second kappa shape index (κ2) is 4.85. The van der Waals surface area contributed by atoms with Crippen molar-refractivity contribution in [3.63, 3.8) is 0 Å². The van der Waals surface area contributed by atoms with E-state index in [2.05, 4.69) is 10.2 Å². The predicted octanol–water partition coefficient (Wildman–Crippen LogP) is 3.00. The quantitative estimate of drug-likeness (QED) is 0.925. The van der Waals surface area contributed by atoms with Crippen molar-refractivity contribution < 1.29 is 9.90 Å². The molecule has 0 aliphatic carbocycles. The van der Waals surface area contributed by atoms with Gasteiger partial charge in [-0.2, -0.15) is 5.10 Å². The first-order valence-electron chi connectivity index (χ1n) is 4.88. The molecule has 2 aromatic rings. The summed E-state index contributed by atoms with van der Waals surface area (Å²) in [6, 6.07) is 3.85. The van der Waals surface area contributed by atoms with Crippen molar-refractivity contribution in [2.45, 2.75) is 23.1 Å². The van der Waals surface area contributed by atoms with Crippen molar-refractivity contribution >= 4 is 29.1 Å². The number of aryl methyl sites for hydroxylation is 1. The maximum atomic E-state index is 11.2. The van der Waals surface area contributed by atoms with Crippen LogP contribution < -0.4 is 0 Å². The minimum atomic E-state index is -0.959. The molecule has 0 unspecified atom stereocenters. The molecule has 88 valence electrons. The molecule has 1 N–H and O–H groups in total. The van der Waals surface area contributed by atoms with Crippen LogP contribution in [0.15, 0.2) is 26.7 Å². The summed E-state index contributed by atoms with van der Waals surface area (Å²) >= 11 is 2.89. The normalized spacial score (nSPS) is 10.5. The Kier molecular flexibility index (Phi) is 3.44. The lowest BCUT2D eigenvalue weighted by atomic mass is 10.1. The Labute approximate surface area is 107 Å². The molecule has 0 radical (unpaired) electrons. The molecule has 0 amide bonds. The van der Waals surface area contributed by atoms with E-state index < -0.39 is 5.97 Å². The summed E-state index contributed by atoms with van der Waals surface area (Å²) in [4.78, 5) is 11.2. The Morgan fingerprint density at radius 1 is 1.41 bits per heavy atom. The number of aromatic carboxylic acids is 1. The fraction of sp³-hybridized carbons (Fsp3) is 0.182. The van der Waals surface area contributed by atoms with Crippen LogP contribution in [0.25, 0.3) is 0 Å². The van der Waals surface area contributed by atoms with E-state index in [4.69, 9.17) is 0 Å². The van der Waals surface area contributed by atoms with Crippen LogP contribution >= 0.6 is 23.1 Å². The Morgan fingerprint density at radius 2 is 2.18 bits per heavy atom. The number of carbonyl (C=O) groups is 1. The van der Waals surface area contributed by atoms with Gasteiger partial charge in [-0.25, -0.2) is 4.79 Å². The van der Waals surface area contributed by atoms with E-state index in [9.17, 15) is 9.90 Å². The summed E-state index contributed by atoms with van der Waals surface area (Å²) < 4.78 is 1.00. The van der Waals surface area contributed by atoms with Crippen LogP contribution in [0, 0.1) is 13.8 Å². The number of carboxylic acids is 1. The first-order chi connectivity index (χ1) is 8.09. The van der Waals surface area contributed by atoms with Gasteiger partial charge in [0, 0.05) is 0 Å². The van der Waals surface area contributed by atoms with E-state index in [0.29, 0.717) is 16.3 Å². The first kappa shape index (κ1) is 12.1. The topological polar surface area (TPSA) is 63.1 Å². The molecular formula is C11H10N2O2S2. The van der Waals surface area contributed by atoms with Crippen LogP contribution in [0.5, 0.6) is 0 Å². The van der Waals surface area contributed by atoms with Gasteiger partial charge in [0.15, 0.2) is 0 Å². The Morgan fingerprint density at radius 3 is 2.76 bits per heavy atom. The maximum Gasteiger partial charge on any atom is 0.338 e. The molecule has 0 saturated heterocycles. The average molecular weight is 266 g/mol. The van der Waals surface area contributed by atoms with Crippen molar-refractivity contribution in [1.29, 1.82) is 0 Å². The van der Waals surface area contributed by atoms with E-state index in [1.165, 1.54) is 11.8 Å². The number of aromatic nitrogens is 2. The molecular weight excluding hydrogens is 256 g/mol. The van der Waals surface area contributed by atoms with E-state index in [1.807, 2.05) is 17.5 Å². The van der Waals surface area contributed by atoms with E-state index in [0.717, 1.165) is 4.21 Å². The maximum absolute atomic E-state index is 11.2. The molecule has 2 aromatic heterocycles. The van der Waals surface area contributed by atoms with Gasteiger partial charge in [0.25, 0.3) is 0 Å². The Balaban J connectivity index is 2.47. The van der Waals surface area contributed by atoms with Crippen LogP contribution in [-0.2, 0) is 0 Å². The molecule has 4 nitrogen and oxygen atoms in total. The van der Waals surface area contributed by atoms with Gasteiger partial charge in [-0.1, -0.05) is 17.8 Å². The van der Waals surface area contributed by atoms with E-state index in [-0.39, 0.29) is 5.56 Å². The van der Waals surface area contributed by atoms with Gasteiger partial charge in [0.1, 0.15) is 5.03 Å². The van der Waals surface area contributed by atoms with Crippen molar-refractivity contribution in [2.24, 2.45) is 0 Å². The third-order valence-corrected chi connectivity index (χ3v) is 4.35. The minimum Gasteiger partial charge on any atom is -0.478 e. The van der Waals surface area contributed by atoms with Crippen molar-refractivity contribution in [3.05, 3.63) is 34.3 Å². The Hall–Kier alpha value is -1.40. The lowest BCUT2D eigenvalue weighted by Gasteiger charge is -2.07. The third-order valence-electron chi connectivity index (χ3n) is 2.33. The third kappa shape index (κ3) is 2.48. The van der Waals surface area contributed by atoms with Gasteiger partial charge < -0.3 is 5.11 Å². The molecule has 0 aliphatic heterocycles. The van der Waals surface area contributed by atoms with Crippen LogP contribution in [0.1, 0.15) is 21.6 Å². The van der Waals surface area contributed by atoms with E-state index >= 15 is 0 Å². The standard InChI is InChI=1S/C11H10N2O2S2/c1-6-7(2)12-13-10(9(6)11(14)15)17-8-4-3-5-16-8/h3-5H,1-2H3,(H,14,15). The number of nitrogens with zero attached hydrogens (tertiary/aromatic N) is 2.